The molecule has 0 radical (unpaired) electrons. The molecule has 17 heavy (non-hydrogen) atoms. The molecule has 0 amide bonds. The summed E-state index contributed by atoms with van der Waals surface area (Å²) in [7, 11) is 1.93. The summed E-state index contributed by atoms with van der Waals surface area (Å²) in [5.41, 5.74) is 3.21. The van der Waals surface area contributed by atoms with Gasteiger partial charge in [0.25, 0.3) is 0 Å². The molecule has 0 aromatic carbocycles. The number of ketones is 1. The lowest BCUT2D eigenvalue weighted by Crippen LogP contribution is -2.09. The Labute approximate surface area is 104 Å². The fourth-order valence-electron chi connectivity index (χ4n) is 2.33. The number of rotatable bonds is 6. The van der Waals surface area contributed by atoms with Crippen molar-refractivity contribution in [2.45, 2.75) is 53.4 Å². The van der Waals surface area contributed by atoms with E-state index in [9.17, 15) is 4.79 Å². The molecule has 1 aromatic rings. The van der Waals surface area contributed by atoms with Crippen LogP contribution in [0.4, 0.5) is 0 Å². The number of Topliss-reactive ketones (excluding diaryl/α,β-unsaturated/α-hetero) is 1. The number of aromatic nitrogens is 2. The second kappa shape index (κ2) is 5.99. The van der Waals surface area contributed by atoms with Gasteiger partial charge in [0.15, 0.2) is 0 Å². The van der Waals surface area contributed by atoms with Gasteiger partial charge >= 0.3 is 0 Å². The minimum atomic E-state index is 0.338. The summed E-state index contributed by atoms with van der Waals surface area (Å²) >= 11 is 0. The summed E-state index contributed by atoms with van der Waals surface area (Å²) in [6.07, 6.45) is 3.53. The SMILES string of the molecule is CCCC(C)CC(=O)Cc1c(C)nn(C)c1C. The third-order valence-corrected chi connectivity index (χ3v) is 3.39. The van der Waals surface area contributed by atoms with E-state index >= 15 is 0 Å². The zero-order valence-corrected chi connectivity index (χ0v) is 11.7. The first-order valence-corrected chi connectivity index (χ1v) is 6.46. The monoisotopic (exact) mass is 236 g/mol. The quantitative estimate of drug-likeness (QED) is 0.761. The molecule has 0 saturated heterocycles. The van der Waals surface area contributed by atoms with E-state index in [1.165, 1.54) is 0 Å². The van der Waals surface area contributed by atoms with Crippen LogP contribution >= 0.6 is 0 Å². The minimum Gasteiger partial charge on any atom is -0.299 e. The molecule has 0 fully saturated rings. The average molecular weight is 236 g/mol. The fourth-order valence-corrected chi connectivity index (χ4v) is 2.33. The molecule has 1 heterocycles. The van der Waals surface area contributed by atoms with Gasteiger partial charge in [-0.15, -0.1) is 0 Å². The van der Waals surface area contributed by atoms with Crippen molar-refractivity contribution in [2.24, 2.45) is 13.0 Å². The highest BCUT2D eigenvalue weighted by atomic mass is 16.1. The maximum Gasteiger partial charge on any atom is 0.137 e. The Balaban J connectivity index is 2.62. The third kappa shape index (κ3) is 3.69. The molecular formula is C14H24N2O. The summed E-state index contributed by atoms with van der Waals surface area (Å²) < 4.78 is 1.85. The van der Waals surface area contributed by atoms with Gasteiger partial charge in [-0.3, -0.25) is 9.48 Å². The number of aryl methyl sites for hydroxylation is 2. The van der Waals surface area contributed by atoms with Crippen molar-refractivity contribution in [3.63, 3.8) is 0 Å². The van der Waals surface area contributed by atoms with E-state index in [4.69, 9.17) is 0 Å². The van der Waals surface area contributed by atoms with Crippen molar-refractivity contribution in [3.05, 3.63) is 17.0 Å². The highest BCUT2D eigenvalue weighted by molar-refractivity contribution is 5.81. The van der Waals surface area contributed by atoms with Crippen LogP contribution in [0.25, 0.3) is 0 Å². The lowest BCUT2D eigenvalue weighted by atomic mass is 9.96. The normalized spacial score (nSPS) is 12.8. The summed E-state index contributed by atoms with van der Waals surface area (Å²) in [5.74, 6) is 0.843. The van der Waals surface area contributed by atoms with Crippen molar-refractivity contribution < 1.29 is 4.79 Å². The van der Waals surface area contributed by atoms with Gasteiger partial charge in [-0.25, -0.2) is 0 Å². The first kappa shape index (κ1) is 13.9. The zero-order valence-electron chi connectivity index (χ0n) is 11.7. The summed E-state index contributed by atoms with van der Waals surface area (Å²) in [6.45, 7) is 8.32. The number of carbonyl (C=O) groups excluding carboxylic acids is 1. The number of hydrogen-bond acceptors (Lipinski definition) is 2. The van der Waals surface area contributed by atoms with Gasteiger partial charge in [0.1, 0.15) is 5.78 Å². The number of carbonyl (C=O) groups is 1. The Morgan fingerprint density at radius 2 is 2.06 bits per heavy atom. The van der Waals surface area contributed by atoms with Gasteiger partial charge in [0, 0.05) is 31.1 Å². The Morgan fingerprint density at radius 1 is 1.41 bits per heavy atom. The van der Waals surface area contributed by atoms with Crippen LogP contribution in [0.2, 0.25) is 0 Å². The first-order valence-electron chi connectivity index (χ1n) is 6.46. The standard InChI is InChI=1S/C14H24N2O/c1-6-7-10(2)8-13(17)9-14-11(3)15-16(5)12(14)4/h10H,6-9H2,1-5H3. The fraction of sp³-hybridized carbons (Fsp3) is 0.714. The Hall–Kier alpha value is -1.12. The van der Waals surface area contributed by atoms with E-state index in [1.54, 1.807) is 0 Å². The van der Waals surface area contributed by atoms with E-state index in [2.05, 4.69) is 18.9 Å². The van der Waals surface area contributed by atoms with Gasteiger partial charge in [-0.1, -0.05) is 26.7 Å². The second-order valence-corrected chi connectivity index (χ2v) is 5.09. The molecular weight excluding hydrogens is 212 g/mol. The summed E-state index contributed by atoms with van der Waals surface area (Å²) in [6, 6.07) is 0. The molecule has 3 heteroatoms. The first-order chi connectivity index (χ1) is 7.95. The molecule has 0 aliphatic rings. The smallest absolute Gasteiger partial charge is 0.137 e. The van der Waals surface area contributed by atoms with Crippen LogP contribution in [0, 0.1) is 19.8 Å². The molecule has 1 atom stereocenters. The molecule has 0 aliphatic heterocycles. The molecule has 0 spiro atoms. The van der Waals surface area contributed by atoms with Crippen LogP contribution in [0.5, 0.6) is 0 Å². The highest BCUT2D eigenvalue weighted by Gasteiger charge is 2.15. The average Bonchev–Trinajstić information content (AvgIpc) is 2.45. The van der Waals surface area contributed by atoms with Crippen LogP contribution in [0.1, 0.15) is 50.1 Å². The molecule has 3 nitrogen and oxygen atoms in total. The van der Waals surface area contributed by atoms with Crippen molar-refractivity contribution >= 4 is 5.78 Å². The van der Waals surface area contributed by atoms with Crippen molar-refractivity contribution in [3.8, 4) is 0 Å². The van der Waals surface area contributed by atoms with E-state index in [0.29, 0.717) is 24.5 Å². The lowest BCUT2D eigenvalue weighted by molar-refractivity contribution is -0.119. The predicted molar refractivity (Wildman–Crippen MR) is 70.1 cm³/mol. The van der Waals surface area contributed by atoms with Gasteiger partial charge in [0.2, 0.25) is 0 Å². The predicted octanol–water partition coefficient (Wildman–Crippen LogP) is 2.97. The number of hydrogen-bond donors (Lipinski definition) is 0. The van der Waals surface area contributed by atoms with Gasteiger partial charge in [0.05, 0.1) is 5.69 Å². The molecule has 0 aliphatic carbocycles. The van der Waals surface area contributed by atoms with Crippen LogP contribution in [0.3, 0.4) is 0 Å². The molecule has 96 valence electrons. The van der Waals surface area contributed by atoms with Gasteiger partial charge in [-0.05, 0) is 19.8 Å². The van der Waals surface area contributed by atoms with Crippen LogP contribution in [-0.4, -0.2) is 15.6 Å². The van der Waals surface area contributed by atoms with Crippen molar-refractivity contribution in [1.82, 2.24) is 9.78 Å². The Morgan fingerprint density at radius 3 is 2.53 bits per heavy atom. The molecule has 1 rings (SSSR count). The molecule has 0 bridgehead atoms. The van der Waals surface area contributed by atoms with E-state index in [-0.39, 0.29) is 0 Å². The van der Waals surface area contributed by atoms with E-state index in [0.717, 1.165) is 29.8 Å². The minimum absolute atomic E-state index is 0.338. The van der Waals surface area contributed by atoms with Crippen molar-refractivity contribution in [2.75, 3.05) is 0 Å². The second-order valence-electron chi connectivity index (χ2n) is 5.09. The third-order valence-electron chi connectivity index (χ3n) is 3.39. The van der Waals surface area contributed by atoms with Crippen LogP contribution in [0.15, 0.2) is 0 Å². The maximum atomic E-state index is 12.0. The van der Waals surface area contributed by atoms with E-state index in [1.807, 2.05) is 25.6 Å². The van der Waals surface area contributed by atoms with Gasteiger partial charge < -0.3 is 0 Å². The lowest BCUT2D eigenvalue weighted by Gasteiger charge is -2.08. The van der Waals surface area contributed by atoms with Crippen LogP contribution in [-0.2, 0) is 18.3 Å². The van der Waals surface area contributed by atoms with Gasteiger partial charge in [-0.2, -0.15) is 5.10 Å². The zero-order chi connectivity index (χ0) is 13.0. The molecule has 1 unspecified atom stereocenters. The topological polar surface area (TPSA) is 34.9 Å². The maximum absolute atomic E-state index is 12.0. The Bertz CT molecular complexity index is 393. The molecule has 0 saturated carbocycles. The van der Waals surface area contributed by atoms with Crippen molar-refractivity contribution in [1.29, 1.82) is 0 Å². The summed E-state index contributed by atoms with van der Waals surface area (Å²) in [4.78, 5) is 12.0. The van der Waals surface area contributed by atoms with Crippen LogP contribution < -0.4 is 0 Å². The van der Waals surface area contributed by atoms with E-state index < -0.39 is 0 Å². The highest BCUT2D eigenvalue weighted by Crippen LogP contribution is 2.16. The summed E-state index contributed by atoms with van der Waals surface area (Å²) in [5, 5.41) is 4.34. The Kier molecular flexibility index (Phi) is 4.91. The molecule has 0 N–H and O–H groups in total. The molecule has 1 aromatic heterocycles. The number of nitrogens with zero attached hydrogens (tertiary/aromatic N) is 2. The largest absolute Gasteiger partial charge is 0.299 e.